The summed E-state index contributed by atoms with van der Waals surface area (Å²) in [5, 5.41) is 0.720. The number of para-hydroxylation sites is 1. The van der Waals surface area contributed by atoms with Crippen LogP contribution in [0.4, 0.5) is 5.69 Å². The fraction of sp³-hybridized carbons (Fsp3) is 0.136. The van der Waals surface area contributed by atoms with Crippen molar-refractivity contribution in [2.24, 2.45) is 4.99 Å². The van der Waals surface area contributed by atoms with Crippen LogP contribution >= 0.6 is 23.4 Å². The normalized spacial score (nSPS) is 10.9. The van der Waals surface area contributed by atoms with Crippen LogP contribution in [0, 0.1) is 0 Å². The van der Waals surface area contributed by atoms with Crippen molar-refractivity contribution < 1.29 is 14.2 Å². The molecule has 0 saturated heterocycles. The molecule has 3 aromatic rings. The molecule has 6 heteroatoms. The minimum atomic E-state index is 0.556. The molecule has 0 spiro atoms. The van der Waals surface area contributed by atoms with Crippen LogP contribution < -0.4 is 14.2 Å². The molecule has 0 aliphatic heterocycles. The van der Waals surface area contributed by atoms with Crippen molar-refractivity contribution >= 4 is 35.3 Å². The van der Waals surface area contributed by atoms with Crippen LogP contribution in [0.1, 0.15) is 5.56 Å². The number of hydrogen-bond acceptors (Lipinski definition) is 5. The number of benzene rings is 3. The highest BCUT2D eigenvalue weighted by Crippen LogP contribution is 2.38. The monoisotopic (exact) mass is 413 g/mol. The van der Waals surface area contributed by atoms with Crippen molar-refractivity contribution in [1.82, 2.24) is 0 Å². The Labute approximate surface area is 174 Å². The Balaban J connectivity index is 1.89. The van der Waals surface area contributed by atoms with E-state index in [1.807, 2.05) is 60.7 Å². The van der Waals surface area contributed by atoms with E-state index in [-0.39, 0.29) is 0 Å². The van der Waals surface area contributed by atoms with E-state index < -0.39 is 0 Å². The van der Waals surface area contributed by atoms with E-state index >= 15 is 0 Å². The van der Waals surface area contributed by atoms with Crippen molar-refractivity contribution in [2.75, 3.05) is 21.3 Å². The first-order chi connectivity index (χ1) is 13.6. The van der Waals surface area contributed by atoms with Gasteiger partial charge in [-0.25, -0.2) is 0 Å². The molecule has 0 radical (unpaired) electrons. The maximum Gasteiger partial charge on any atom is 0.203 e. The van der Waals surface area contributed by atoms with Crippen molar-refractivity contribution in [1.29, 1.82) is 0 Å². The molecule has 4 nitrogen and oxygen atoms in total. The molecule has 0 amide bonds. The van der Waals surface area contributed by atoms with Gasteiger partial charge < -0.3 is 14.2 Å². The Bertz CT molecular complexity index is 949. The summed E-state index contributed by atoms with van der Waals surface area (Å²) in [5.41, 5.74) is 1.72. The minimum Gasteiger partial charge on any atom is -0.493 e. The Morgan fingerprint density at radius 1 is 0.857 bits per heavy atom. The summed E-state index contributed by atoms with van der Waals surface area (Å²) in [7, 11) is 4.77. The number of nitrogens with zero attached hydrogens (tertiary/aromatic N) is 1. The lowest BCUT2D eigenvalue weighted by molar-refractivity contribution is 0.324. The van der Waals surface area contributed by atoms with Gasteiger partial charge in [0.15, 0.2) is 11.5 Å². The molecule has 0 N–H and O–H groups in total. The number of hydrogen-bond donors (Lipinski definition) is 0. The maximum atomic E-state index is 5.97. The third kappa shape index (κ3) is 4.80. The van der Waals surface area contributed by atoms with E-state index in [4.69, 9.17) is 25.8 Å². The van der Waals surface area contributed by atoms with Crippen LogP contribution in [-0.4, -0.2) is 27.5 Å². The molecule has 144 valence electrons. The second-order valence-electron chi connectivity index (χ2n) is 5.74. The summed E-state index contributed by atoms with van der Waals surface area (Å²) in [6.45, 7) is 0. The lowest BCUT2D eigenvalue weighted by atomic mass is 10.2. The first kappa shape index (κ1) is 20.1. The number of halogens is 1. The van der Waals surface area contributed by atoms with E-state index in [9.17, 15) is 0 Å². The van der Waals surface area contributed by atoms with E-state index in [0.29, 0.717) is 17.2 Å². The predicted octanol–water partition coefficient (Wildman–Crippen LogP) is 6.27. The van der Waals surface area contributed by atoms with Crippen LogP contribution in [-0.2, 0) is 0 Å². The molecule has 0 unspecified atom stereocenters. The van der Waals surface area contributed by atoms with Gasteiger partial charge in [-0.3, -0.25) is 4.99 Å². The van der Waals surface area contributed by atoms with Gasteiger partial charge in [0.05, 0.1) is 27.0 Å². The van der Waals surface area contributed by atoms with Crippen molar-refractivity contribution in [2.45, 2.75) is 9.79 Å². The second kappa shape index (κ2) is 9.53. The molecular formula is C22H20ClNO3S. The van der Waals surface area contributed by atoms with E-state index in [1.165, 1.54) is 0 Å². The van der Waals surface area contributed by atoms with Gasteiger partial charge in [-0.15, -0.1) is 0 Å². The fourth-order valence-electron chi connectivity index (χ4n) is 2.60. The summed E-state index contributed by atoms with van der Waals surface area (Å²) in [6.07, 6.45) is 1.78. The largest absolute Gasteiger partial charge is 0.493 e. The molecule has 0 bridgehead atoms. The summed E-state index contributed by atoms with van der Waals surface area (Å²) >= 11 is 7.61. The molecule has 0 atom stereocenters. The molecule has 0 saturated carbocycles. The predicted molar refractivity (Wildman–Crippen MR) is 115 cm³/mol. The molecule has 0 aliphatic carbocycles. The van der Waals surface area contributed by atoms with E-state index in [1.54, 1.807) is 39.3 Å². The van der Waals surface area contributed by atoms with Crippen molar-refractivity contribution in [3.8, 4) is 17.2 Å². The standard InChI is InChI=1S/C22H20ClNO3S/c1-25-19-12-15(13-20(26-2)22(19)27-3)14-24-18-6-4-5-7-21(18)28-17-10-8-16(23)9-11-17/h4-14H,1-3H3. The zero-order valence-electron chi connectivity index (χ0n) is 15.8. The van der Waals surface area contributed by atoms with Gasteiger partial charge in [0, 0.05) is 26.6 Å². The topological polar surface area (TPSA) is 40.0 Å². The van der Waals surface area contributed by atoms with E-state index in [0.717, 1.165) is 26.1 Å². The lowest BCUT2D eigenvalue weighted by Gasteiger charge is -2.12. The van der Waals surface area contributed by atoms with Gasteiger partial charge in [-0.2, -0.15) is 0 Å². The van der Waals surface area contributed by atoms with Crippen LogP contribution in [0.25, 0.3) is 0 Å². The van der Waals surface area contributed by atoms with Gasteiger partial charge in [-0.05, 0) is 48.5 Å². The SMILES string of the molecule is COc1cc(C=Nc2ccccc2Sc2ccc(Cl)cc2)cc(OC)c1OC. The highest BCUT2D eigenvalue weighted by atomic mass is 35.5. The maximum absolute atomic E-state index is 5.97. The summed E-state index contributed by atoms with van der Waals surface area (Å²) in [6, 6.07) is 19.5. The van der Waals surface area contributed by atoms with Crippen molar-refractivity contribution in [3.05, 3.63) is 71.2 Å². The quantitative estimate of drug-likeness (QED) is 0.428. The second-order valence-corrected chi connectivity index (χ2v) is 7.29. The van der Waals surface area contributed by atoms with Crippen LogP contribution in [0.2, 0.25) is 5.02 Å². The summed E-state index contributed by atoms with van der Waals surface area (Å²) < 4.78 is 16.2. The van der Waals surface area contributed by atoms with Gasteiger partial charge in [0.25, 0.3) is 0 Å². The smallest absolute Gasteiger partial charge is 0.203 e. The zero-order chi connectivity index (χ0) is 19.9. The molecule has 28 heavy (non-hydrogen) atoms. The van der Waals surface area contributed by atoms with Crippen LogP contribution in [0.5, 0.6) is 17.2 Å². The zero-order valence-corrected chi connectivity index (χ0v) is 17.4. The van der Waals surface area contributed by atoms with Crippen LogP contribution in [0.3, 0.4) is 0 Å². The van der Waals surface area contributed by atoms with Gasteiger partial charge in [0.2, 0.25) is 5.75 Å². The Morgan fingerprint density at radius 2 is 1.50 bits per heavy atom. The number of aliphatic imine (C=N–C) groups is 1. The average molecular weight is 414 g/mol. The molecule has 0 heterocycles. The number of ether oxygens (including phenoxy) is 3. The van der Waals surface area contributed by atoms with Gasteiger partial charge >= 0.3 is 0 Å². The molecule has 0 fully saturated rings. The first-order valence-corrected chi connectivity index (χ1v) is 9.70. The lowest BCUT2D eigenvalue weighted by Crippen LogP contribution is -1.96. The highest BCUT2D eigenvalue weighted by molar-refractivity contribution is 7.99. The Kier molecular flexibility index (Phi) is 6.85. The summed E-state index contributed by atoms with van der Waals surface area (Å²) in [5.74, 6) is 1.74. The van der Waals surface area contributed by atoms with Gasteiger partial charge in [0.1, 0.15) is 0 Å². The first-order valence-electron chi connectivity index (χ1n) is 8.51. The molecule has 3 aromatic carbocycles. The minimum absolute atomic E-state index is 0.556. The van der Waals surface area contributed by atoms with Crippen molar-refractivity contribution in [3.63, 3.8) is 0 Å². The average Bonchev–Trinajstić information content (AvgIpc) is 2.73. The third-order valence-corrected chi connectivity index (χ3v) is 5.27. The summed E-state index contributed by atoms with van der Waals surface area (Å²) in [4.78, 5) is 6.82. The molecular weight excluding hydrogens is 394 g/mol. The fourth-order valence-corrected chi connectivity index (χ4v) is 3.62. The Hall–Kier alpha value is -2.63. The molecule has 0 aromatic heterocycles. The molecule has 0 aliphatic rings. The highest BCUT2D eigenvalue weighted by Gasteiger charge is 2.12. The third-order valence-electron chi connectivity index (χ3n) is 3.95. The van der Waals surface area contributed by atoms with E-state index in [2.05, 4.69) is 4.99 Å². The van der Waals surface area contributed by atoms with Gasteiger partial charge in [-0.1, -0.05) is 35.5 Å². The Morgan fingerprint density at radius 3 is 2.11 bits per heavy atom. The number of methoxy groups -OCH3 is 3. The molecule has 3 rings (SSSR count). The number of rotatable bonds is 7. The van der Waals surface area contributed by atoms with Crippen LogP contribution in [0.15, 0.2) is 75.4 Å².